The largest absolute Gasteiger partial charge is 0.300 e. The van der Waals surface area contributed by atoms with Crippen molar-refractivity contribution in [3.8, 4) is 0 Å². The molecule has 1 aromatic carbocycles. The minimum absolute atomic E-state index is 0.00670. The van der Waals surface area contributed by atoms with E-state index in [1.165, 1.54) is 23.1 Å². The van der Waals surface area contributed by atoms with Crippen LogP contribution >= 0.6 is 46.3 Å². The summed E-state index contributed by atoms with van der Waals surface area (Å²) in [6.07, 6.45) is 1.70. The zero-order chi connectivity index (χ0) is 19.6. The number of halogens is 2. The zero-order valence-corrected chi connectivity index (χ0v) is 17.8. The van der Waals surface area contributed by atoms with Crippen molar-refractivity contribution in [2.45, 2.75) is 18.2 Å². The molecule has 2 aromatic rings. The molecule has 1 aliphatic rings. The molecule has 1 amide bonds. The summed E-state index contributed by atoms with van der Waals surface area (Å²) in [6, 6.07) is 9.09. The molecule has 9 heteroatoms. The molecule has 0 aliphatic heterocycles. The third-order valence-corrected chi connectivity index (χ3v) is 6.78. The number of anilines is 1. The fraction of sp³-hybridized carbons (Fsp3) is 0.333. The number of nitrogens with zero attached hydrogens (tertiary/aromatic N) is 2. The van der Waals surface area contributed by atoms with Crippen molar-refractivity contribution in [2.24, 2.45) is 17.3 Å². The molecule has 0 unspecified atom stereocenters. The fourth-order valence-corrected chi connectivity index (χ4v) is 4.88. The molecule has 142 valence electrons. The number of ketones is 1. The number of hydrogen-bond acceptors (Lipinski definition) is 6. The van der Waals surface area contributed by atoms with Crippen LogP contribution in [0.5, 0.6) is 0 Å². The van der Waals surface area contributed by atoms with Gasteiger partial charge >= 0.3 is 0 Å². The van der Waals surface area contributed by atoms with Gasteiger partial charge in [-0.05, 0) is 17.4 Å². The van der Waals surface area contributed by atoms with Gasteiger partial charge in [-0.1, -0.05) is 90.5 Å². The minimum atomic E-state index is -0.218. The van der Waals surface area contributed by atoms with Crippen LogP contribution in [0.15, 0.2) is 45.2 Å². The highest BCUT2D eigenvalue weighted by atomic mass is 35.5. The molecule has 1 N–H and O–H groups in total. The highest BCUT2D eigenvalue weighted by molar-refractivity contribution is 8.01. The quantitative estimate of drug-likeness (QED) is 0.369. The highest BCUT2D eigenvalue weighted by Gasteiger charge is 2.60. The number of amides is 1. The molecule has 1 aromatic heterocycles. The van der Waals surface area contributed by atoms with E-state index in [1.807, 2.05) is 32.0 Å². The molecule has 0 radical (unpaired) electrons. The van der Waals surface area contributed by atoms with E-state index < -0.39 is 0 Å². The number of rotatable bonds is 7. The van der Waals surface area contributed by atoms with Crippen LogP contribution in [0.2, 0.25) is 0 Å². The van der Waals surface area contributed by atoms with Gasteiger partial charge in [-0.25, -0.2) is 0 Å². The number of aromatic nitrogens is 2. The second-order valence-electron chi connectivity index (χ2n) is 6.72. The summed E-state index contributed by atoms with van der Waals surface area (Å²) in [5.74, 6) is -0.0707. The fourth-order valence-electron chi connectivity index (χ4n) is 2.96. The van der Waals surface area contributed by atoms with E-state index in [2.05, 4.69) is 15.5 Å². The first-order valence-electron chi connectivity index (χ1n) is 8.17. The SMILES string of the molecule is CC1(C)[C@H](C(=O)Nc2nnc(SCC(=O)c3ccccc3)s2)[C@@H]1C=C(Cl)Cl. The molecule has 0 bridgehead atoms. The van der Waals surface area contributed by atoms with Gasteiger partial charge in [-0.3, -0.25) is 9.59 Å². The monoisotopic (exact) mass is 441 g/mol. The van der Waals surface area contributed by atoms with Crippen LogP contribution in [0.25, 0.3) is 0 Å². The number of carbonyl (C=O) groups is 2. The maximum Gasteiger partial charge on any atom is 0.230 e. The summed E-state index contributed by atoms with van der Waals surface area (Å²) >= 11 is 14.0. The van der Waals surface area contributed by atoms with Gasteiger partial charge in [0, 0.05) is 5.56 Å². The van der Waals surface area contributed by atoms with Gasteiger partial charge < -0.3 is 5.32 Å². The number of carbonyl (C=O) groups excluding carboxylic acids is 2. The Morgan fingerprint density at radius 2 is 1.96 bits per heavy atom. The molecular formula is C18H17Cl2N3O2S2. The molecular weight excluding hydrogens is 425 g/mol. The van der Waals surface area contributed by atoms with Gasteiger partial charge in [0.1, 0.15) is 4.49 Å². The molecule has 1 fully saturated rings. The van der Waals surface area contributed by atoms with Crippen molar-refractivity contribution in [2.75, 3.05) is 11.1 Å². The lowest BCUT2D eigenvalue weighted by molar-refractivity contribution is -0.118. The third kappa shape index (κ3) is 4.90. The average Bonchev–Trinajstić information content (AvgIpc) is 2.94. The summed E-state index contributed by atoms with van der Waals surface area (Å²) in [6.45, 7) is 3.98. The Balaban J connectivity index is 1.55. The van der Waals surface area contributed by atoms with Crippen LogP contribution in [0.3, 0.4) is 0 Å². The van der Waals surface area contributed by atoms with E-state index in [4.69, 9.17) is 23.2 Å². The minimum Gasteiger partial charge on any atom is -0.300 e. The smallest absolute Gasteiger partial charge is 0.230 e. The van der Waals surface area contributed by atoms with Gasteiger partial charge in [0.05, 0.1) is 11.7 Å². The van der Waals surface area contributed by atoms with Gasteiger partial charge in [0.2, 0.25) is 11.0 Å². The Bertz CT molecular complexity index is 880. The lowest BCUT2D eigenvalue weighted by Crippen LogP contribution is -2.16. The van der Waals surface area contributed by atoms with Crippen LogP contribution < -0.4 is 5.32 Å². The molecule has 1 heterocycles. The van der Waals surface area contributed by atoms with Gasteiger partial charge in [-0.15, -0.1) is 10.2 Å². The second kappa shape index (κ2) is 8.31. The number of hydrogen-bond donors (Lipinski definition) is 1. The Labute approximate surface area is 175 Å². The normalized spacial score (nSPS) is 20.0. The van der Waals surface area contributed by atoms with Crippen LogP contribution in [-0.4, -0.2) is 27.6 Å². The summed E-state index contributed by atoms with van der Waals surface area (Å²) in [7, 11) is 0. The highest BCUT2D eigenvalue weighted by Crippen LogP contribution is 2.60. The van der Waals surface area contributed by atoms with E-state index in [0.29, 0.717) is 15.0 Å². The van der Waals surface area contributed by atoms with E-state index in [1.54, 1.807) is 18.2 Å². The van der Waals surface area contributed by atoms with E-state index in [-0.39, 0.29) is 39.2 Å². The van der Waals surface area contributed by atoms with Crippen molar-refractivity contribution < 1.29 is 9.59 Å². The van der Waals surface area contributed by atoms with Crippen molar-refractivity contribution in [3.05, 3.63) is 46.5 Å². The van der Waals surface area contributed by atoms with Crippen molar-refractivity contribution in [1.29, 1.82) is 0 Å². The predicted molar refractivity (Wildman–Crippen MR) is 111 cm³/mol. The third-order valence-electron chi connectivity index (χ3n) is 4.56. The topological polar surface area (TPSA) is 72.0 Å². The number of nitrogens with one attached hydrogen (secondary N) is 1. The van der Waals surface area contributed by atoms with Crippen molar-refractivity contribution in [3.63, 3.8) is 0 Å². The summed E-state index contributed by atoms with van der Waals surface area (Å²) in [4.78, 5) is 24.6. The Kier molecular flexibility index (Phi) is 6.25. The number of Topliss-reactive ketones (excluding diaryl/α,β-unsaturated/α-hetero) is 1. The first kappa shape index (κ1) is 20.3. The first-order valence-corrected chi connectivity index (χ1v) is 10.7. The number of allylic oxidation sites excluding steroid dienone is 1. The first-order chi connectivity index (χ1) is 12.8. The van der Waals surface area contributed by atoms with Gasteiger partial charge in [-0.2, -0.15) is 0 Å². The number of thioether (sulfide) groups is 1. The van der Waals surface area contributed by atoms with E-state index in [9.17, 15) is 9.59 Å². The molecule has 5 nitrogen and oxygen atoms in total. The van der Waals surface area contributed by atoms with Crippen LogP contribution in [0, 0.1) is 17.3 Å². The van der Waals surface area contributed by atoms with E-state index >= 15 is 0 Å². The van der Waals surface area contributed by atoms with Crippen molar-refractivity contribution in [1.82, 2.24) is 10.2 Å². The van der Waals surface area contributed by atoms with Crippen LogP contribution in [0.4, 0.5) is 5.13 Å². The molecule has 0 spiro atoms. The second-order valence-corrected chi connectivity index (χ2v) is 9.93. The van der Waals surface area contributed by atoms with E-state index in [0.717, 1.165) is 0 Å². The Hall–Kier alpha value is -1.41. The summed E-state index contributed by atoms with van der Waals surface area (Å²) < 4.78 is 0.797. The standard InChI is InChI=1S/C18H17Cl2N3O2S2/c1-18(2)11(8-13(19)20)14(18)15(25)21-16-22-23-17(27-16)26-9-12(24)10-6-4-3-5-7-10/h3-8,11,14H,9H2,1-2H3,(H,21,22,25)/t11-,14-/m0/s1. The Morgan fingerprint density at radius 3 is 2.63 bits per heavy atom. The molecule has 1 aliphatic carbocycles. The summed E-state index contributed by atoms with van der Waals surface area (Å²) in [5.41, 5.74) is 0.458. The van der Waals surface area contributed by atoms with Crippen molar-refractivity contribution >= 4 is 63.1 Å². The predicted octanol–water partition coefficient (Wildman–Crippen LogP) is 5.04. The number of benzene rings is 1. The van der Waals surface area contributed by atoms with Crippen LogP contribution in [-0.2, 0) is 4.79 Å². The molecule has 27 heavy (non-hydrogen) atoms. The maximum atomic E-state index is 12.5. The molecule has 0 saturated heterocycles. The zero-order valence-electron chi connectivity index (χ0n) is 14.6. The van der Waals surface area contributed by atoms with Crippen LogP contribution in [0.1, 0.15) is 24.2 Å². The van der Waals surface area contributed by atoms with Gasteiger partial charge in [0.15, 0.2) is 10.1 Å². The molecule has 3 rings (SSSR count). The maximum absolute atomic E-state index is 12.5. The Morgan fingerprint density at radius 1 is 1.26 bits per heavy atom. The lowest BCUT2D eigenvalue weighted by atomic mass is 10.1. The molecule has 2 atom stereocenters. The average molecular weight is 442 g/mol. The van der Waals surface area contributed by atoms with Gasteiger partial charge in [0.25, 0.3) is 0 Å². The summed E-state index contributed by atoms with van der Waals surface area (Å²) in [5, 5.41) is 11.2. The molecule has 1 saturated carbocycles. The lowest BCUT2D eigenvalue weighted by Gasteiger charge is -2.01.